The zero-order valence-corrected chi connectivity index (χ0v) is 13.1. The molecule has 3 aromatic rings. The SMILES string of the molecule is O=C(/C=C/c1ccc(C(F)(F)F)cc1)c1ccc(-n2cccc2)cc1. The van der Waals surface area contributed by atoms with E-state index in [4.69, 9.17) is 0 Å². The van der Waals surface area contributed by atoms with Crippen molar-refractivity contribution in [2.24, 2.45) is 0 Å². The first kappa shape index (κ1) is 16.8. The number of aromatic nitrogens is 1. The van der Waals surface area contributed by atoms with Crippen molar-refractivity contribution in [3.05, 3.63) is 95.8 Å². The smallest absolute Gasteiger partial charge is 0.324 e. The first-order valence-electron chi connectivity index (χ1n) is 7.56. The van der Waals surface area contributed by atoms with Crippen LogP contribution < -0.4 is 0 Å². The Hall–Kier alpha value is -3.08. The average molecular weight is 341 g/mol. The Morgan fingerprint density at radius 2 is 1.48 bits per heavy atom. The molecule has 2 nitrogen and oxygen atoms in total. The highest BCUT2D eigenvalue weighted by Crippen LogP contribution is 2.29. The van der Waals surface area contributed by atoms with Gasteiger partial charge in [0, 0.05) is 23.6 Å². The quantitative estimate of drug-likeness (QED) is 0.460. The number of carbonyl (C=O) groups excluding carboxylic acids is 1. The molecule has 1 aromatic heterocycles. The molecule has 0 saturated heterocycles. The van der Waals surface area contributed by atoms with Gasteiger partial charge in [-0.1, -0.05) is 18.2 Å². The lowest BCUT2D eigenvalue weighted by Gasteiger charge is -2.06. The van der Waals surface area contributed by atoms with Crippen LogP contribution in [-0.4, -0.2) is 10.4 Å². The number of halogens is 3. The fourth-order valence-electron chi connectivity index (χ4n) is 2.36. The topological polar surface area (TPSA) is 22.0 Å². The van der Waals surface area contributed by atoms with E-state index in [1.807, 2.05) is 41.2 Å². The third kappa shape index (κ3) is 4.07. The molecular weight excluding hydrogens is 327 g/mol. The standard InChI is InChI=1S/C20H14F3NO/c21-20(22,23)17-8-3-15(4-9-17)5-12-19(25)16-6-10-18(11-7-16)24-13-1-2-14-24/h1-14H/b12-5+. The van der Waals surface area contributed by atoms with Gasteiger partial charge in [-0.2, -0.15) is 13.2 Å². The molecule has 1 heterocycles. The third-order valence-corrected chi connectivity index (χ3v) is 3.72. The second-order valence-electron chi connectivity index (χ2n) is 5.45. The minimum absolute atomic E-state index is 0.209. The van der Waals surface area contributed by atoms with Crippen molar-refractivity contribution in [2.45, 2.75) is 6.18 Å². The van der Waals surface area contributed by atoms with Gasteiger partial charge in [0.05, 0.1) is 5.56 Å². The van der Waals surface area contributed by atoms with Crippen molar-refractivity contribution in [2.75, 3.05) is 0 Å². The van der Waals surface area contributed by atoms with Gasteiger partial charge >= 0.3 is 6.18 Å². The number of rotatable bonds is 4. The van der Waals surface area contributed by atoms with Crippen LogP contribution in [0.5, 0.6) is 0 Å². The molecule has 2 aromatic carbocycles. The summed E-state index contributed by atoms with van der Waals surface area (Å²) in [6.07, 6.45) is 2.30. The summed E-state index contributed by atoms with van der Waals surface area (Å²) >= 11 is 0. The normalized spacial score (nSPS) is 11.8. The fourth-order valence-corrected chi connectivity index (χ4v) is 2.36. The second kappa shape index (κ2) is 6.81. The minimum Gasteiger partial charge on any atom is -0.324 e. The molecule has 0 aliphatic rings. The monoisotopic (exact) mass is 341 g/mol. The van der Waals surface area contributed by atoms with Crippen LogP contribution in [0, 0.1) is 0 Å². The van der Waals surface area contributed by atoms with E-state index in [0.717, 1.165) is 17.8 Å². The molecule has 0 atom stereocenters. The lowest BCUT2D eigenvalue weighted by Crippen LogP contribution is -2.04. The van der Waals surface area contributed by atoms with E-state index < -0.39 is 11.7 Å². The maximum absolute atomic E-state index is 12.5. The predicted molar refractivity (Wildman–Crippen MR) is 90.6 cm³/mol. The van der Waals surface area contributed by atoms with Crippen LogP contribution in [0.1, 0.15) is 21.5 Å². The first-order chi connectivity index (χ1) is 11.9. The van der Waals surface area contributed by atoms with E-state index in [2.05, 4.69) is 0 Å². The Bertz CT molecular complexity index is 874. The fraction of sp³-hybridized carbons (Fsp3) is 0.0500. The molecule has 0 radical (unpaired) electrons. The number of nitrogens with zero attached hydrogens (tertiary/aromatic N) is 1. The lowest BCUT2D eigenvalue weighted by atomic mass is 10.1. The summed E-state index contributed by atoms with van der Waals surface area (Å²) in [5.74, 6) is -0.209. The van der Waals surface area contributed by atoms with E-state index in [-0.39, 0.29) is 5.78 Å². The number of alkyl halides is 3. The Labute approximate surface area is 142 Å². The molecule has 0 aliphatic heterocycles. The van der Waals surface area contributed by atoms with E-state index >= 15 is 0 Å². The number of benzene rings is 2. The summed E-state index contributed by atoms with van der Waals surface area (Å²) in [7, 11) is 0. The molecule has 5 heteroatoms. The predicted octanol–water partition coefficient (Wildman–Crippen LogP) is 5.39. The zero-order valence-electron chi connectivity index (χ0n) is 13.1. The molecule has 3 rings (SSSR count). The Morgan fingerprint density at radius 3 is 2.04 bits per heavy atom. The van der Waals surface area contributed by atoms with Gasteiger partial charge in [-0.25, -0.2) is 0 Å². The van der Waals surface area contributed by atoms with Crippen molar-refractivity contribution in [1.82, 2.24) is 4.57 Å². The van der Waals surface area contributed by atoms with Crippen LogP contribution in [0.3, 0.4) is 0 Å². The molecule has 0 saturated carbocycles. The van der Waals surface area contributed by atoms with E-state index in [1.54, 1.807) is 12.1 Å². The van der Waals surface area contributed by atoms with Crippen LogP contribution >= 0.6 is 0 Å². The van der Waals surface area contributed by atoms with Crippen LogP contribution in [0.2, 0.25) is 0 Å². The number of hydrogen-bond donors (Lipinski definition) is 0. The highest BCUT2D eigenvalue weighted by molar-refractivity contribution is 6.06. The summed E-state index contributed by atoms with van der Waals surface area (Å²) in [5.41, 5.74) is 1.27. The van der Waals surface area contributed by atoms with Gasteiger partial charge in [-0.15, -0.1) is 0 Å². The number of hydrogen-bond acceptors (Lipinski definition) is 1. The summed E-state index contributed by atoms with van der Waals surface area (Å²) in [5, 5.41) is 0. The van der Waals surface area contributed by atoms with Gasteiger partial charge in [0.15, 0.2) is 5.78 Å². The van der Waals surface area contributed by atoms with Crippen LogP contribution in [-0.2, 0) is 6.18 Å². The van der Waals surface area contributed by atoms with Gasteiger partial charge < -0.3 is 4.57 Å². The number of carbonyl (C=O) groups is 1. The Balaban J connectivity index is 1.70. The molecule has 0 spiro atoms. The number of ketones is 1. The zero-order chi connectivity index (χ0) is 17.9. The molecule has 126 valence electrons. The van der Waals surface area contributed by atoms with Crippen molar-refractivity contribution in [3.63, 3.8) is 0 Å². The summed E-state index contributed by atoms with van der Waals surface area (Å²) in [4.78, 5) is 12.2. The Kier molecular flexibility index (Phi) is 4.57. The summed E-state index contributed by atoms with van der Waals surface area (Å²) in [6, 6.07) is 15.6. The highest BCUT2D eigenvalue weighted by Gasteiger charge is 2.29. The van der Waals surface area contributed by atoms with Crippen LogP contribution in [0.15, 0.2) is 79.1 Å². The van der Waals surface area contributed by atoms with Crippen LogP contribution in [0.25, 0.3) is 11.8 Å². The average Bonchev–Trinajstić information content (AvgIpc) is 3.14. The molecule has 0 aliphatic carbocycles. The van der Waals surface area contributed by atoms with Gasteiger partial charge in [-0.05, 0) is 60.2 Å². The molecule has 25 heavy (non-hydrogen) atoms. The molecular formula is C20H14F3NO. The Morgan fingerprint density at radius 1 is 0.880 bits per heavy atom. The molecule has 0 amide bonds. The molecule has 0 unspecified atom stereocenters. The molecule has 0 fully saturated rings. The van der Waals surface area contributed by atoms with Gasteiger partial charge in [-0.3, -0.25) is 4.79 Å². The maximum atomic E-state index is 12.5. The third-order valence-electron chi connectivity index (χ3n) is 3.72. The van der Waals surface area contributed by atoms with Gasteiger partial charge in [0.25, 0.3) is 0 Å². The summed E-state index contributed by atoms with van der Waals surface area (Å²) < 4.78 is 39.5. The molecule has 0 N–H and O–H groups in total. The van der Waals surface area contributed by atoms with Gasteiger partial charge in [0.2, 0.25) is 0 Å². The van der Waals surface area contributed by atoms with Crippen LogP contribution in [0.4, 0.5) is 13.2 Å². The lowest BCUT2D eigenvalue weighted by molar-refractivity contribution is -0.137. The van der Waals surface area contributed by atoms with Crippen molar-refractivity contribution in [3.8, 4) is 5.69 Å². The second-order valence-corrected chi connectivity index (χ2v) is 5.45. The van der Waals surface area contributed by atoms with E-state index in [0.29, 0.717) is 11.1 Å². The van der Waals surface area contributed by atoms with Crippen molar-refractivity contribution in [1.29, 1.82) is 0 Å². The van der Waals surface area contributed by atoms with E-state index in [9.17, 15) is 18.0 Å². The highest BCUT2D eigenvalue weighted by atomic mass is 19.4. The minimum atomic E-state index is -4.36. The first-order valence-corrected chi connectivity index (χ1v) is 7.56. The number of allylic oxidation sites excluding steroid dienone is 1. The van der Waals surface area contributed by atoms with Crippen molar-refractivity contribution < 1.29 is 18.0 Å². The van der Waals surface area contributed by atoms with E-state index in [1.165, 1.54) is 24.3 Å². The van der Waals surface area contributed by atoms with Gasteiger partial charge in [0.1, 0.15) is 0 Å². The summed E-state index contributed by atoms with van der Waals surface area (Å²) in [6.45, 7) is 0. The molecule has 0 bridgehead atoms. The van der Waals surface area contributed by atoms with Crippen molar-refractivity contribution >= 4 is 11.9 Å². The maximum Gasteiger partial charge on any atom is 0.416 e. The largest absolute Gasteiger partial charge is 0.416 e.